The molecule has 24 heavy (non-hydrogen) atoms. The first-order valence-corrected chi connectivity index (χ1v) is 8.02. The zero-order chi connectivity index (χ0) is 17.7. The van der Waals surface area contributed by atoms with Crippen LogP contribution < -0.4 is 5.32 Å². The Bertz CT molecular complexity index is 716. The Morgan fingerprint density at radius 1 is 1.25 bits per heavy atom. The Kier molecular flexibility index (Phi) is 5.49. The first kappa shape index (κ1) is 17.8. The number of H-pyrrole nitrogens is 1. The van der Waals surface area contributed by atoms with Crippen LogP contribution in [0.5, 0.6) is 0 Å². The summed E-state index contributed by atoms with van der Waals surface area (Å²) in [7, 11) is 1.65. The molecule has 0 unspecified atom stereocenters. The summed E-state index contributed by atoms with van der Waals surface area (Å²) in [5.74, 6) is -0.0719. The summed E-state index contributed by atoms with van der Waals surface area (Å²) < 4.78 is 5.26. The van der Waals surface area contributed by atoms with Crippen LogP contribution >= 0.6 is 0 Å². The molecule has 1 aromatic heterocycles. The number of para-hydroxylation sites is 1. The predicted octanol–water partition coefficient (Wildman–Crippen LogP) is 2.69. The minimum Gasteiger partial charge on any atom is -0.444 e. The average Bonchev–Trinajstić information content (AvgIpc) is 2.88. The molecule has 2 aromatic rings. The molecule has 0 fully saturated rings. The summed E-state index contributed by atoms with van der Waals surface area (Å²) in [6.45, 7) is 6.25. The van der Waals surface area contributed by atoms with Crippen molar-refractivity contribution in [3.05, 3.63) is 36.0 Å². The summed E-state index contributed by atoms with van der Waals surface area (Å²) in [4.78, 5) is 28.5. The van der Waals surface area contributed by atoms with E-state index in [9.17, 15) is 9.59 Å². The molecule has 2 rings (SSSR count). The lowest BCUT2D eigenvalue weighted by Crippen LogP contribution is -2.39. The molecular formula is C18H25N3O3. The van der Waals surface area contributed by atoms with E-state index < -0.39 is 11.7 Å². The minimum absolute atomic E-state index is 0.0719. The van der Waals surface area contributed by atoms with Gasteiger partial charge in [0.25, 0.3) is 0 Å². The number of ether oxygens (including phenoxy) is 1. The van der Waals surface area contributed by atoms with E-state index in [2.05, 4.69) is 10.3 Å². The molecule has 0 atom stereocenters. The maximum absolute atomic E-state index is 12.1. The number of hydrogen-bond acceptors (Lipinski definition) is 3. The molecule has 0 aliphatic carbocycles. The number of amides is 2. The van der Waals surface area contributed by atoms with Crippen molar-refractivity contribution in [2.75, 3.05) is 20.1 Å². The number of nitrogens with one attached hydrogen (secondary N) is 2. The van der Waals surface area contributed by atoms with Crippen molar-refractivity contribution < 1.29 is 14.3 Å². The lowest BCUT2D eigenvalue weighted by molar-refractivity contribution is -0.120. The first-order chi connectivity index (χ1) is 11.3. The number of carbonyl (C=O) groups is 2. The molecule has 0 bridgehead atoms. The zero-order valence-corrected chi connectivity index (χ0v) is 14.7. The molecular weight excluding hydrogens is 306 g/mol. The average molecular weight is 331 g/mol. The summed E-state index contributed by atoms with van der Waals surface area (Å²) in [6.07, 6.45) is 1.77. The summed E-state index contributed by atoms with van der Waals surface area (Å²) in [5.41, 5.74) is 1.46. The van der Waals surface area contributed by atoms with E-state index >= 15 is 0 Å². The van der Waals surface area contributed by atoms with Crippen molar-refractivity contribution in [3.8, 4) is 0 Å². The monoisotopic (exact) mass is 331 g/mol. The Hall–Kier alpha value is -2.50. The van der Waals surface area contributed by atoms with Crippen molar-refractivity contribution in [1.29, 1.82) is 0 Å². The number of fused-ring (bicyclic) bond motifs is 1. The molecule has 0 spiro atoms. The van der Waals surface area contributed by atoms with Gasteiger partial charge in [-0.05, 0) is 32.4 Å². The number of benzene rings is 1. The highest BCUT2D eigenvalue weighted by Gasteiger charge is 2.19. The topological polar surface area (TPSA) is 74.4 Å². The third kappa shape index (κ3) is 5.01. The molecule has 0 saturated heterocycles. The van der Waals surface area contributed by atoms with E-state index in [1.165, 1.54) is 4.90 Å². The number of aromatic nitrogens is 1. The van der Waals surface area contributed by atoms with Crippen molar-refractivity contribution >= 4 is 22.9 Å². The summed E-state index contributed by atoms with van der Waals surface area (Å²) >= 11 is 0. The number of rotatable bonds is 5. The van der Waals surface area contributed by atoms with E-state index in [4.69, 9.17) is 4.74 Å². The number of aromatic amines is 1. The van der Waals surface area contributed by atoms with Gasteiger partial charge in [0.1, 0.15) is 5.60 Å². The Morgan fingerprint density at radius 3 is 2.67 bits per heavy atom. The number of hydrogen-bond donors (Lipinski definition) is 2. The van der Waals surface area contributed by atoms with Crippen LogP contribution in [0.15, 0.2) is 30.5 Å². The van der Waals surface area contributed by atoms with E-state index in [1.54, 1.807) is 7.05 Å². The molecule has 0 aliphatic rings. The van der Waals surface area contributed by atoms with Gasteiger partial charge in [0.15, 0.2) is 0 Å². The maximum atomic E-state index is 12.1. The molecule has 130 valence electrons. The van der Waals surface area contributed by atoms with Crippen molar-refractivity contribution in [3.63, 3.8) is 0 Å². The number of nitrogens with zero attached hydrogens (tertiary/aromatic N) is 1. The molecule has 0 radical (unpaired) electrons. The predicted molar refractivity (Wildman–Crippen MR) is 93.9 cm³/mol. The van der Waals surface area contributed by atoms with Crippen LogP contribution in [-0.4, -0.2) is 47.6 Å². The van der Waals surface area contributed by atoms with Crippen LogP contribution in [0.2, 0.25) is 0 Å². The van der Waals surface area contributed by atoms with Crippen molar-refractivity contribution in [2.24, 2.45) is 0 Å². The fourth-order valence-corrected chi connectivity index (χ4v) is 2.31. The second kappa shape index (κ2) is 7.38. The normalized spacial score (nSPS) is 11.3. The van der Waals surface area contributed by atoms with Crippen LogP contribution in [0.4, 0.5) is 4.79 Å². The smallest absolute Gasteiger partial charge is 0.410 e. The molecule has 0 saturated carbocycles. The van der Waals surface area contributed by atoms with Gasteiger partial charge < -0.3 is 19.9 Å². The molecule has 6 heteroatoms. The van der Waals surface area contributed by atoms with Gasteiger partial charge in [-0.3, -0.25) is 4.79 Å². The van der Waals surface area contributed by atoms with Gasteiger partial charge in [0.05, 0.1) is 6.42 Å². The van der Waals surface area contributed by atoms with Crippen LogP contribution in [-0.2, 0) is 16.0 Å². The van der Waals surface area contributed by atoms with Crippen LogP contribution in [0.25, 0.3) is 10.9 Å². The highest BCUT2D eigenvalue weighted by molar-refractivity contribution is 5.88. The Labute approximate surface area is 142 Å². The fraction of sp³-hybridized carbons (Fsp3) is 0.444. The van der Waals surface area contributed by atoms with Crippen molar-refractivity contribution in [2.45, 2.75) is 32.8 Å². The molecule has 0 aliphatic heterocycles. The standard InChI is InChI=1S/C18H25N3O3/c1-18(2,3)24-17(23)21(4)10-9-19-16(22)11-13-12-20-15-8-6-5-7-14(13)15/h5-8,12,20H,9-11H2,1-4H3,(H,19,22). The van der Waals surface area contributed by atoms with Gasteiger partial charge in [-0.15, -0.1) is 0 Å². The number of likely N-dealkylation sites (N-methyl/N-ethyl adjacent to an activating group) is 1. The first-order valence-electron chi connectivity index (χ1n) is 8.02. The van der Waals surface area contributed by atoms with Gasteiger partial charge >= 0.3 is 6.09 Å². The molecule has 2 N–H and O–H groups in total. The van der Waals surface area contributed by atoms with Crippen LogP contribution in [0.1, 0.15) is 26.3 Å². The van der Waals surface area contributed by atoms with E-state index in [-0.39, 0.29) is 5.91 Å². The highest BCUT2D eigenvalue weighted by atomic mass is 16.6. The quantitative estimate of drug-likeness (QED) is 0.884. The lowest BCUT2D eigenvalue weighted by atomic mass is 10.1. The zero-order valence-electron chi connectivity index (χ0n) is 14.7. The van der Waals surface area contributed by atoms with Gasteiger partial charge in [-0.25, -0.2) is 4.79 Å². The second-order valence-corrected chi connectivity index (χ2v) is 6.79. The fourth-order valence-electron chi connectivity index (χ4n) is 2.31. The molecule has 1 aromatic carbocycles. The Morgan fingerprint density at radius 2 is 1.96 bits per heavy atom. The minimum atomic E-state index is -0.524. The highest BCUT2D eigenvalue weighted by Crippen LogP contribution is 2.17. The summed E-state index contributed by atoms with van der Waals surface area (Å²) in [6, 6.07) is 7.87. The van der Waals surface area contributed by atoms with Gasteiger partial charge in [0.2, 0.25) is 5.91 Å². The van der Waals surface area contributed by atoms with Gasteiger partial charge in [0, 0.05) is 37.2 Å². The molecule has 1 heterocycles. The van der Waals surface area contributed by atoms with Crippen LogP contribution in [0.3, 0.4) is 0 Å². The van der Waals surface area contributed by atoms with E-state index in [0.29, 0.717) is 19.5 Å². The third-order valence-corrected chi connectivity index (χ3v) is 3.50. The van der Waals surface area contributed by atoms with E-state index in [0.717, 1.165) is 16.5 Å². The largest absolute Gasteiger partial charge is 0.444 e. The van der Waals surface area contributed by atoms with Gasteiger partial charge in [-0.1, -0.05) is 18.2 Å². The SMILES string of the molecule is CN(CCNC(=O)Cc1c[nH]c2ccccc12)C(=O)OC(C)(C)C. The maximum Gasteiger partial charge on any atom is 0.410 e. The third-order valence-electron chi connectivity index (χ3n) is 3.50. The van der Waals surface area contributed by atoms with Gasteiger partial charge in [-0.2, -0.15) is 0 Å². The van der Waals surface area contributed by atoms with E-state index in [1.807, 2.05) is 51.2 Å². The molecule has 2 amide bonds. The summed E-state index contributed by atoms with van der Waals surface area (Å²) in [5, 5.41) is 3.89. The lowest BCUT2D eigenvalue weighted by Gasteiger charge is -2.24. The van der Waals surface area contributed by atoms with Crippen molar-refractivity contribution in [1.82, 2.24) is 15.2 Å². The Balaban J connectivity index is 1.78. The second-order valence-electron chi connectivity index (χ2n) is 6.79. The van der Waals surface area contributed by atoms with Crippen LogP contribution in [0, 0.1) is 0 Å². The number of carbonyl (C=O) groups excluding carboxylic acids is 2. The molecule has 6 nitrogen and oxygen atoms in total.